The number of halogens is 1. The van der Waals surface area contributed by atoms with E-state index in [-0.39, 0.29) is 12.2 Å². The van der Waals surface area contributed by atoms with Gasteiger partial charge in [-0.1, -0.05) is 35.0 Å². The van der Waals surface area contributed by atoms with Crippen LogP contribution in [0, 0.1) is 0 Å². The van der Waals surface area contributed by atoms with E-state index in [1.807, 2.05) is 30.3 Å². The van der Waals surface area contributed by atoms with Crippen LogP contribution < -0.4 is 0 Å². The quantitative estimate of drug-likeness (QED) is 0.788. The summed E-state index contributed by atoms with van der Waals surface area (Å²) in [4.78, 5) is 7.62. The van der Waals surface area contributed by atoms with Crippen LogP contribution in [0.2, 0.25) is 5.02 Å². The number of oxime groups is 1. The average Bonchev–Trinajstić information content (AvgIpc) is 2.87. The Bertz CT molecular complexity index is 500. The van der Waals surface area contributed by atoms with Crippen LogP contribution >= 0.6 is 11.6 Å². The summed E-state index contributed by atoms with van der Waals surface area (Å²) in [6.45, 7) is 7.57. The summed E-state index contributed by atoms with van der Waals surface area (Å²) in [5.74, 6) is 0. The van der Waals surface area contributed by atoms with Gasteiger partial charge in [-0.3, -0.25) is 4.90 Å². The first-order valence-electron chi connectivity index (χ1n) is 7.08. The summed E-state index contributed by atoms with van der Waals surface area (Å²) in [6.07, 6.45) is 2.23. The predicted molar refractivity (Wildman–Crippen MR) is 85.8 cm³/mol. The largest absolute Gasteiger partial charge is 0.392 e. The van der Waals surface area contributed by atoms with Crippen molar-refractivity contribution in [3.05, 3.63) is 47.5 Å². The van der Waals surface area contributed by atoms with Gasteiger partial charge < -0.3 is 9.94 Å². The molecule has 0 unspecified atom stereocenters. The maximum atomic E-state index is 9.52. The Balaban J connectivity index is 1.91. The lowest BCUT2D eigenvalue weighted by Crippen LogP contribution is -2.37. The molecule has 0 spiro atoms. The first-order valence-corrected chi connectivity index (χ1v) is 7.46. The van der Waals surface area contributed by atoms with E-state index in [2.05, 4.69) is 16.6 Å². The molecule has 1 heterocycles. The lowest BCUT2D eigenvalue weighted by Gasteiger charge is -2.24. The Labute approximate surface area is 130 Å². The van der Waals surface area contributed by atoms with Gasteiger partial charge in [0.2, 0.25) is 0 Å². The minimum absolute atomic E-state index is 0.00868. The fraction of sp³-hybridized carbons (Fsp3) is 0.438. The molecule has 0 aliphatic carbocycles. The highest BCUT2D eigenvalue weighted by atomic mass is 35.5. The number of aliphatic hydroxyl groups excluding tert-OH is 1. The Hall–Kier alpha value is -1.36. The average molecular weight is 309 g/mol. The van der Waals surface area contributed by atoms with Crippen LogP contribution in [0.15, 0.2) is 42.1 Å². The van der Waals surface area contributed by atoms with Crippen molar-refractivity contribution in [2.45, 2.75) is 25.6 Å². The van der Waals surface area contributed by atoms with Crippen LogP contribution in [0.5, 0.6) is 0 Å². The summed E-state index contributed by atoms with van der Waals surface area (Å²) in [5.41, 5.74) is 1.97. The number of benzene rings is 1. The van der Waals surface area contributed by atoms with E-state index in [1.54, 1.807) is 6.92 Å². The summed E-state index contributed by atoms with van der Waals surface area (Å²) in [5, 5.41) is 14.4. The molecule has 114 valence electrons. The molecular formula is C16H21ClN2O2. The second-order valence-electron chi connectivity index (χ2n) is 5.33. The first kappa shape index (κ1) is 16.0. The number of aliphatic hydroxyl groups is 1. The monoisotopic (exact) mass is 308 g/mol. The van der Waals surface area contributed by atoms with Crippen molar-refractivity contribution < 1.29 is 9.94 Å². The van der Waals surface area contributed by atoms with Crippen molar-refractivity contribution in [2.75, 3.05) is 19.6 Å². The molecule has 1 aromatic carbocycles. The molecule has 1 aliphatic rings. The van der Waals surface area contributed by atoms with Crippen LogP contribution in [0.3, 0.4) is 0 Å². The molecule has 1 aromatic rings. The minimum atomic E-state index is -0.372. The number of hydrogen-bond donors (Lipinski definition) is 1. The molecular weight excluding hydrogens is 288 g/mol. The third-order valence-electron chi connectivity index (χ3n) is 3.28. The molecule has 1 N–H and O–H groups in total. The van der Waals surface area contributed by atoms with Crippen LogP contribution in [0.4, 0.5) is 0 Å². The lowest BCUT2D eigenvalue weighted by molar-refractivity contribution is 0.0420. The van der Waals surface area contributed by atoms with Gasteiger partial charge >= 0.3 is 0 Å². The molecule has 2 rings (SSSR count). The highest BCUT2D eigenvalue weighted by Gasteiger charge is 2.24. The third-order valence-corrected chi connectivity index (χ3v) is 3.53. The Morgan fingerprint density at radius 2 is 2.24 bits per heavy atom. The molecule has 1 aliphatic heterocycles. The first-order chi connectivity index (χ1) is 10.1. The minimum Gasteiger partial charge on any atom is -0.392 e. The molecule has 5 heteroatoms. The van der Waals surface area contributed by atoms with E-state index in [0.717, 1.165) is 30.8 Å². The smallest absolute Gasteiger partial charge is 0.145 e. The highest BCUT2D eigenvalue weighted by Crippen LogP contribution is 2.19. The molecule has 0 radical (unpaired) electrons. The van der Waals surface area contributed by atoms with Gasteiger partial charge in [-0.25, -0.2) is 0 Å². The van der Waals surface area contributed by atoms with E-state index in [9.17, 15) is 5.11 Å². The normalized spacial score (nSPS) is 19.2. The highest BCUT2D eigenvalue weighted by molar-refractivity contribution is 6.30. The summed E-state index contributed by atoms with van der Waals surface area (Å²) >= 11 is 5.89. The summed E-state index contributed by atoms with van der Waals surface area (Å²) < 4.78 is 0. The zero-order valence-electron chi connectivity index (χ0n) is 12.2. The van der Waals surface area contributed by atoms with E-state index >= 15 is 0 Å². The lowest BCUT2D eigenvalue weighted by atomic mass is 10.0. The molecule has 0 fully saturated rings. The Kier molecular flexibility index (Phi) is 5.79. The Morgan fingerprint density at radius 1 is 1.52 bits per heavy atom. The molecule has 0 aromatic heterocycles. The van der Waals surface area contributed by atoms with Crippen molar-refractivity contribution in [2.24, 2.45) is 5.16 Å². The van der Waals surface area contributed by atoms with Gasteiger partial charge in [-0.2, -0.15) is 0 Å². The van der Waals surface area contributed by atoms with Gasteiger partial charge in [0.1, 0.15) is 6.10 Å². The maximum absolute atomic E-state index is 9.52. The zero-order chi connectivity index (χ0) is 15.2. The van der Waals surface area contributed by atoms with Crippen LogP contribution in [0.1, 0.15) is 18.9 Å². The fourth-order valence-corrected chi connectivity index (χ4v) is 2.53. The third kappa shape index (κ3) is 4.84. The van der Waals surface area contributed by atoms with E-state index < -0.39 is 0 Å². The van der Waals surface area contributed by atoms with E-state index in [4.69, 9.17) is 16.4 Å². The van der Waals surface area contributed by atoms with Crippen molar-refractivity contribution >= 4 is 17.3 Å². The van der Waals surface area contributed by atoms with Crippen molar-refractivity contribution in [3.8, 4) is 0 Å². The topological polar surface area (TPSA) is 45.1 Å². The standard InChI is InChI=1S/C16H21ClN2O2/c1-3-8-19(10-12(2)20)11-15-9-16(18-21-15)13-4-6-14(17)7-5-13/h3-7,12,15,20H,1,8-11H2,2H3/t12-,15+/m1/s1. The van der Waals surface area contributed by atoms with Gasteiger partial charge in [-0.15, -0.1) is 6.58 Å². The van der Waals surface area contributed by atoms with Gasteiger partial charge in [0.15, 0.2) is 0 Å². The van der Waals surface area contributed by atoms with Gasteiger partial charge in [0, 0.05) is 31.1 Å². The van der Waals surface area contributed by atoms with Crippen LogP contribution in [-0.2, 0) is 4.84 Å². The van der Waals surface area contributed by atoms with Crippen molar-refractivity contribution in [3.63, 3.8) is 0 Å². The van der Waals surface area contributed by atoms with E-state index in [0.29, 0.717) is 11.6 Å². The second-order valence-corrected chi connectivity index (χ2v) is 5.77. The fourth-order valence-electron chi connectivity index (χ4n) is 2.41. The molecule has 2 atom stereocenters. The van der Waals surface area contributed by atoms with Crippen molar-refractivity contribution in [1.29, 1.82) is 0 Å². The number of rotatable bonds is 7. The van der Waals surface area contributed by atoms with Gasteiger partial charge in [-0.05, 0) is 24.6 Å². The van der Waals surface area contributed by atoms with Crippen LogP contribution in [-0.4, -0.2) is 47.6 Å². The maximum Gasteiger partial charge on any atom is 0.145 e. The summed E-state index contributed by atoms with van der Waals surface area (Å²) in [7, 11) is 0. The van der Waals surface area contributed by atoms with Gasteiger partial charge in [0.25, 0.3) is 0 Å². The molecule has 4 nitrogen and oxygen atoms in total. The number of nitrogens with zero attached hydrogens (tertiary/aromatic N) is 2. The molecule has 0 amide bonds. The van der Waals surface area contributed by atoms with Crippen LogP contribution in [0.25, 0.3) is 0 Å². The van der Waals surface area contributed by atoms with Gasteiger partial charge in [0.05, 0.1) is 11.8 Å². The molecule has 0 saturated carbocycles. The molecule has 21 heavy (non-hydrogen) atoms. The number of hydrogen-bond acceptors (Lipinski definition) is 4. The summed E-state index contributed by atoms with van der Waals surface area (Å²) in [6, 6.07) is 7.60. The second kappa shape index (κ2) is 7.59. The SMILES string of the molecule is C=CCN(C[C@@H]1CC(c2ccc(Cl)cc2)=NO1)C[C@@H](C)O. The van der Waals surface area contributed by atoms with E-state index in [1.165, 1.54) is 0 Å². The molecule has 0 saturated heterocycles. The van der Waals surface area contributed by atoms with Crippen molar-refractivity contribution in [1.82, 2.24) is 4.90 Å². The Morgan fingerprint density at radius 3 is 2.86 bits per heavy atom. The molecule has 0 bridgehead atoms. The zero-order valence-corrected chi connectivity index (χ0v) is 13.0. The predicted octanol–water partition coefficient (Wildman–Crippen LogP) is 2.70.